The molecular weight excluding hydrogens is 748 g/mol. The van der Waals surface area contributed by atoms with Crippen molar-refractivity contribution in [1.29, 1.82) is 0 Å². The maximum Gasteiger partial charge on any atom is 0.328 e. The Morgan fingerprint density at radius 2 is 0.839 bits per heavy atom. The molecule has 23 heteroatoms. The maximum absolute atomic E-state index is 13.5. The number of aliphatic hydroxyl groups excluding tert-OH is 2. The number of nitrogens with two attached hydrogens (primary N) is 2. The van der Waals surface area contributed by atoms with Crippen LogP contribution in [0.5, 0.6) is 0 Å². The first-order valence-electron chi connectivity index (χ1n) is 17.7. The summed E-state index contributed by atoms with van der Waals surface area (Å²) in [6, 6.07) is -11.7. The summed E-state index contributed by atoms with van der Waals surface area (Å²) < 4.78 is 0. The summed E-state index contributed by atoms with van der Waals surface area (Å²) in [6.45, 7) is 8.95. The molecule has 0 unspecified atom stereocenters. The minimum absolute atomic E-state index is 0.0272. The molecule has 9 atom stereocenters. The Morgan fingerprint density at radius 3 is 1.16 bits per heavy atom. The maximum atomic E-state index is 13.5. The number of carboxylic acid groups (broad SMARTS) is 3. The van der Waals surface area contributed by atoms with Crippen LogP contribution in [0.1, 0.15) is 80.1 Å². The van der Waals surface area contributed by atoms with Crippen LogP contribution in [0, 0.1) is 11.8 Å². The first-order valence-corrected chi connectivity index (χ1v) is 17.7. The smallest absolute Gasteiger partial charge is 0.328 e. The molecule has 0 aromatic rings. The summed E-state index contributed by atoms with van der Waals surface area (Å²) in [7, 11) is 0. The zero-order valence-electron chi connectivity index (χ0n) is 32.1. The number of aliphatic carboxylic acids is 3. The number of rotatable bonds is 26. The molecule has 15 N–H and O–H groups in total. The number of carbonyl (C=O) groups excluding carboxylic acids is 7. The quantitative estimate of drug-likeness (QED) is 0.0391. The Hall–Kier alpha value is -5.42. The molecule has 56 heavy (non-hydrogen) atoms. The van der Waals surface area contributed by atoms with Crippen molar-refractivity contribution >= 4 is 59.3 Å². The zero-order valence-corrected chi connectivity index (χ0v) is 32.1. The molecule has 0 spiro atoms. The lowest BCUT2D eigenvalue weighted by atomic mass is 10.0. The van der Waals surface area contributed by atoms with Crippen LogP contribution in [0.25, 0.3) is 0 Å². The van der Waals surface area contributed by atoms with E-state index in [4.69, 9.17) is 11.5 Å². The van der Waals surface area contributed by atoms with E-state index in [1.54, 1.807) is 27.7 Å². The Morgan fingerprint density at radius 1 is 0.500 bits per heavy atom. The van der Waals surface area contributed by atoms with Gasteiger partial charge in [-0.1, -0.05) is 27.7 Å². The second-order valence-corrected chi connectivity index (χ2v) is 14.1. The van der Waals surface area contributed by atoms with E-state index < -0.39 is 139 Å². The lowest BCUT2D eigenvalue weighted by molar-refractivity contribution is -0.145. The fraction of sp³-hybridized carbons (Fsp3) is 0.697. The highest BCUT2D eigenvalue weighted by atomic mass is 16.4. The SMILES string of the molecule is CC(C)C[C@H](NC(=O)[C@H](CC(=O)O)NC(=O)[C@H](CC(=O)O)NC(=O)[C@H](CC(C)C)NC(=O)[C@@H](N)[C@@H](C)O)C(=O)N[C@@H](CCC(N)=O)C(=O)N[C@H](C(=O)O)[C@@H](C)O. The summed E-state index contributed by atoms with van der Waals surface area (Å²) in [6.07, 6.45) is -6.15. The van der Waals surface area contributed by atoms with Gasteiger partial charge < -0.3 is 68.9 Å². The molecule has 318 valence electrons. The predicted octanol–water partition coefficient (Wildman–Crippen LogP) is -4.62. The molecular formula is C33H56N8O15. The standard InChI is InChI=1S/C33H56N8O15/c1-13(2)9-18(28(50)36-17(7-8-22(34)44)27(49)41-26(16(6)43)33(55)56)37-30(52)20(11-23(45)46)39-31(53)21(12-24(47)48)38-29(51)19(10-14(3)4)40-32(54)25(35)15(5)42/h13-21,25-26,42-43H,7-12,35H2,1-6H3,(H2,34,44)(H,36,50)(H,37,52)(H,38,51)(H,39,53)(H,40,54)(H,41,49)(H,45,46)(H,47,48)(H,55,56)/t15-,16-,17+,18+,19+,20+,21+,25+,26+/m1/s1. The van der Waals surface area contributed by atoms with Crippen molar-refractivity contribution in [3.63, 3.8) is 0 Å². The van der Waals surface area contributed by atoms with Gasteiger partial charge in [-0.3, -0.25) is 43.2 Å². The molecule has 0 aliphatic heterocycles. The molecule has 0 radical (unpaired) electrons. The van der Waals surface area contributed by atoms with Gasteiger partial charge in [-0.2, -0.15) is 0 Å². The number of aliphatic hydroxyl groups is 2. The van der Waals surface area contributed by atoms with Crippen LogP contribution in [0.15, 0.2) is 0 Å². The topological polar surface area (TPSA) is 396 Å². The van der Waals surface area contributed by atoms with Gasteiger partial charge in [-0.25, -0.2) is 4.79 Å². The van der Waals surface area contributed by atoms with Crippen LogP contribution in [0.2, 0.25) is 0 Å². The summed E-state index contributed by atoms with van der Waals surface area (Å²) in [5.74, 6) is -13.1. The van der Waals surface area contributed by atoms with Crippen molar-refractivity contribution in [2.75, 3.05) is 0 Å². The van der Waals surface area contributed by atoms with Gasteiger partial charge in [0, 0.05) is 6.42 Å². The lowest BCUT2D eigenvalue weighted by Gasteiger charge is -2.28. The van der Waals surface area contributed by atoms with Crippen molar-refractivity contribution < 1.29 is 73.5 Å². The minimum atomic E-state index is -1.98. The van der Waals surface area contributed by atoms with Crippen LogP contribution in [0.3, 0.4) is 0 Å². The largest absolute Gasteiger partial charge is 0.481 e. The molecule has 0 aliphatic rings. The lowest BCUT2D eigenvalue weighted by Crippen LogP contribution is -2.61. The molecule has 0 aromatic heterocycles. The van der Waals surface area contributed by atoms with Gasteiger partial charge in [0.15, 0.2) is 6.04 Å². The second-order valence-electron chi connectivity index (χ2n) is 14.1. The van der Waals surface area contributed by atoms with Crippen LogP contribution >= 0.6 is 0 Å². The number of hydrogen-bond acceptors (Lipinski definition) is 13. The molecule has 0 aromatic carbocycles. The Balaban J connectivity index is 6.42. The first-order chi connectivity index (χ1) is 25.8. The van der Waals surface area contributed by atoms with Gasteiger partial charge in [0.1, 0.15) is 36.3 Å². The molecule has 0 fully saturated rings. The van der Waals surface area contributed by atoms with E-state index >= 15 is 0 Å². The molecule has 0 heterocycles. The molecule has 23 nitrogen and oxygen atoms in total. The normalized spacial score (nSPS) is 16.0. The number of carbonyl (C=O) groups is 10. The van der Waals surface area contributed by atoms with Gasteiger partial charge in [0.25, 0.3) is 0 Å². The molecule has 0 aliphatic carbocycles. The molecule has 0 rings (SSSR count). The summed E-state index contributed by atoms with van der Waals surface area (Å²) in [5, 5.41) is 61.0. The second kappa shape index (κ2) is 24.2. The number of primary amides is 1. The van der Waals surface area contributed by atoms with E-state index in [9.17, 15) is 73.5 Å². The fourth-order valence-corrected chi connectivity index (χ4v) is 4.95. The molecule has 0 saturated carbocycles. The van der Waals surface area contributed by atoms with E-state index in [-0.39, 0.29) is 24.7 Å². The van der Waals surface area contributed by atoms with E-state index in [0.717, 1.165) is 6.92 Å². The highest BCUT2D eigenvalue weighted by molar-refractivity contribution is 5.99. The van der Waals surface area contributed by atoms with Crippen molar-refractivity contribution in [3.05, 3.63) is 0 Å². The summed E-state index contributed by atoms with van der Waals surface area (Å²) in [4.78, 5) is 126. The molecule has 7 amide bonds. The van der Waals surface area contributed by atoms with Gasteiger partial charge in [0.05, 0.1) is 25.0 Å². The number of hydrogen-bond donors (Lipinski definition) is 13. The minimum Gasteiger partial charge on any atom is -0.481 e. The van der Waals surface area contributed by atoms with Crippen LogP contribution in [-0.4, -0.2) is 139 Å². The van der Waals surface area contributed by atoms with Crippen molar-refractivity contribution in [3.8, 4) is 0 Å². The third-order valence-electron chi connectivity index (χ3n) is 7.88. The number of amides is 7. The predicted molar refractivity (Wildman–Crippen MR) is 192 cm³/mol. The third kappa shape index (κ3) is 19.3. The molecule has 0 saturated heterocycles. The van der Waals surface area contributed by atoms with E-state index in [1.165, 1.54) is 6.92 Å². The van der Waals surface area contributed by atoms with Gasteiger partial charge >= 0.3 is 17.9 Å². The van der Waals surface area contributed by atoms with E-state index in [1.807, 2.05) is 5.32 Å². The number of carboxylic acids is 3. The molecule has 0 bridgehead atoms. The monoisotopic (exact) mass is 804 g/mol. The van der Waals surface area contributed by atoms with Crippen molar-refractivity contribution in [2.24, 2.45) is 23.3 Å². The van der Waals surface area contributed by atoms with Crippen molar-refractivity contribution in [1.82, 2.24) is 31.9 Å². The van der Waals surface area contributed by atoms with Gasteiger partial charge in [-0.05, 0) is 44.9 Å². The Bertz CT molecular complexity index is 1440. The highest BCUT2D eigenvalue weighted by Crippen LogP contribution is 2.10. The average Bonchev–Trinajstić information content (AvgIpc) is 3.05. The highest BCUT2D eigenvalue weighted by Gasteiger charge is 2.36. The van der Waals surface area contributed by atoms with E-state index in [0.29, 0.717) is 0 Å². The van der Waals surface area contributed by atoms with Crippen LogP contribution in [-0.2, 0) is 47.9 Å². The van der Waals surface area contributed by atoms with Crippen molar-refractivity contribution in [2.45, 2.75) is 135 Å². The zero-order chi connectivity index (χ0) is 43.6. The third-order valence-corrected chi connectivity index (χ3v) is 7.88. The van der Waals surface area contributed by atoms with E-state index in [2.05, 4.69) is 26.6 Å². The van der Waals surface area contributed by atoms with Crippen LogP contribution < -0.4 is 43.4 Å². The summed E-state index contributed by atoms with van der Waals surface area (Å²) >= 11 is 0. The Labute approximate surface area is 322 Å². The summed E-state index contributed by atoms with van der Waals surface area (Å²) in [5.41, 5.74) is 10.8. The first kappa shape index (κ1) is 50.6. The Kier molecular flexibility index (Phi) is 21.8. The fourth-order valence-electron chi connectivity index (χ4n) is 4.95. The average molecular weight is 805 g/mol. The van der Waals surface area contributed by atoms with Gasteiger partial charge in [-0.15, -0.1) is 0 Å². The number of nitrogens with one attached hydrogen (secondary N) is 6. The van der Waals surface area contributed by atoms with Gasteiger partial charge in [0.2, 0.25) is 41.4 Å². The van der Waals surface area contributed by atoms with Crippen LogP contribution in [0.4, 0.5) is 0 Å².